The summed E-state index contributed by atoms with van der Waals surface area (Å²) in [5.41, 5.74) is 1.23. The molecule has 8 nitrogen and oxygen atoms in total. The Labute approximate surface area is 227 Å². The number of benzene rings is 2. The third kappa shape index (κ3) is 5.69. The van der Waals surface area contributed by atoms with Crippen LogP contribution < -0.4 is 14.2 Å². The lowest BCUT2D eigenvalue weighted by atomic mass is 9.82. The molecule has 2 aromatic carbocycles. The number of nitrogens with zero attached hydrogens (tertiary/aromatic N) is 3. The number of hydrogen-bond acceptors (Lipinski definition) is 7. The van der Waals surface area contributed by atoms with Gasteiger partial charge in [-0.05, 0) is 48.7 Å². The lowest BCUT2D eigenvalue weighted by Crippen LogP contribution is -2.19. The van der Waals surface area contributed by atoms with Crippen molar-refractivity contribution < 1.29 is 35.5 Å². The van der Waals surface area contributed by atoms with Crippen LogP contribution in [0.3, 0.4) is 0 Å². The van der Waals surface area contributed by atoms with E-state index in [9.17, 15) is 26.0 Å². The van der Waals surface area contributed by atoms with Crippen molar-refractivity contribution in [3.05, 3.63) is 89.6 Å². The van der Waals surface area contributed by atoms with Crippen LogP contribution in [0.4, 0.5) is 23.5 Å². The molecule has 2 aromatic heterocycles. The second kappa shape index (κ2) is 10.7. The van der Waals surface area contributed by atoms with E-state index >= 15 is 0 Å². The van der Waals surface area contributed by atoms with Crippen LogP contribution in [-0.2, 0) is 16.2 Å². The second-order valence-corrected chi connectivity index (χ2v) is 10.5. The second-order valence-electron chi connectivity index (χ2n) is 8.84. The van der Waals surface area contributed by atoms with E-state index in [1.54, 1.807) is 25.1 Å². The SMILES string of the molecule is CCOc1ccc(-c2cc(C(F)(F)F)ccc2C2CCOc3cc(S(=O)(=O)Nc4ncc(F)cn4)ccc32)cn1. The molecule has 0 amide bonds. The first kappa shape index (κ1) is 27.3. The molecular formula is C27H22F4N4O4S. The monoisotopic (exact) mass is 574 g/mol. The molecule has 208 valence electrons. The van der Waals surface area contributed by atoms with Gasteiger partial charge in [-0.2, -0.15) is 13.2 Å². The van der Waals surface area contributed by atoms with Crippen LogP contribution >= 0.6 is 0 Å². The standard InChI is InChI=1S/C27H22F4N4O4S/c1-2-38-25-8-3-16(13-32-25)23-11-17(27(29,30)31)4-6-20(23)21-9-10-39-24-12-19(5-7-22(21)24)40(36,37)35-26-33-14-18(28)15-34-26/h3-8,11-15,21H,2,9-10H2,1H3,(H,33,34,35). The molecule has 0 spiro atoms. The fourth-order valence-electron chi connectivity index (χ4n) is 4.46. The van der Waals surface area contributed by atoms with Gasteiger partial charge in [-0.1, -0.05) is 12.1 Å². The molecule has 1 unspecified atom stereocenters. The van der Waals surface area contributed by atoms with Gasteiger partial charge in [0.25, 0.3) is 10.0 Å². The summed E-state index contributed by atoms with van der Waals surface area (Å²) in [6.07, 6.45) is -0.989. The van der Waals surface area contributed by atoms with E-state index in [0.717, 1.165) is 24.5 Å². The molecule has 1 aliphatic heterocycles. The van der Waals surface area contributed by atoms with E-state index in [0.29, 0.717) is 41.2 Å². The number of halogens is 4. The van der Waals surface area contributed by atoms with Gasteiger partial charge in [0.05, 0.1) is 36.1 Å². The van der Waals surface area contributed by atoms with Crippen molar-refractivity contribution in [2.24, 2.45) is 0 Å². The number of hydrogen-bond donors (Lipinski definition) is 1. The van der Waals surface area contributed by atoms with Gasteiger partial charge in [0.2, 0.25) is 11.8 Å². The summed E-state index contributed by atoms with van der Waals surface area (Å²) in [5.74, 6) is -0.798. The maximum Gasteiger partial charge on any atom is 0.416 e. The van der Waals surface area contributed by atoms with Gasteiger partial charge in [0.15, 0.2) is 5.82 Å². The van der Waals surface area contributed by atoms with Gasteiger partial charge in [0, 0.05) is 35.4 Å². The molecule has 0 aliphatic carbocycles. The highest BCUT2D eigenvalue weighted by Gasteiger charge is 2.33. The summed E-state index contributed by atoms with van der Waals surface area (Å²) in [6.45, 7) is 2.40. The summed E-state index contributed by atoms with van der Waals surface area (Å²) < 4.78 is 93.1. The molecular weight excluding hydrogens is 552 g/mol. The first-order valence-corrected chi connectivity index (χ1v) is 13.6. The molecule has 1 atom stereocenters. The first-order chi connectivity index (χ1) is 19.0. The zero-order chi connectivity index (χ0) is 28.5. The molecule has 0 radical (unpaired) electrons. The van der Waals surface area contributed by atoms with Crippen molar-refractivity contribution in [1.29, 1.82) is 0 Å². The number of ether oxygens (including phenoxy) is 2. The number of sulfonamides is 1. The number of rotatable bonds is 7. The Kier molecular flexibility index (Phi) is 7.32. The zero-order valence-electron chi connectivity index (χ0n) is 20.9. The van der Waals surface area contributed by atoms with Crippen molar-refractivity contribution in [3.63, 3.8) is 0 Å². The highest BCUT2D eigenvalue weighted by Crippen LogP contribution is 2.44. The van der Waals surface area contributed by atoms with Crippen molar-refractivity contribution in [2.75, 3.05) is 17.9 Å². The van der Waals surface area contributed by atoms with Crippen LogP contribution in [0.1, 0.15) is 36.0 Å². The Morgan fingerprint density at radius 3 is 2.42 bits per heavy atom. The number of fused-ring (bicyclic) bond motifs is 1. The Balaban J connectivity index is 1.53. The minimum atomic E-state index is -4.55. The molecule has 0 saturated carbocycles. The number of alkyl halides is 3. The van der Waals surface area contributed by atoms with Crippen LogP contribution in [0.2, 0.25) is 0 Å². The minimum Gasteiger partial charge on any atom is -0.493 e. The van der Waals surface area contributed by atoms with E-state index in [-0.39, 0.29) is 23.2 Å². The maximum atomic E-state index is 13.6. The van der Waals surface area contributed by atoms with Crippen LogP contribution in [-0.4, -0.2) is 36.6 Å². The smallest absolute Gasteiger partial charge is 0.416 e. The Hall–Kier alpha value is -4.26. The predicted molar refractivity (Wildman–Crippen MR) is 137 cm³/mol. The molecule has 40 heavy (non-hydrogen) atoms. The van der Waals surface area contributed by atoms with E-state index in [4.69, 9.17) is 9.47 Å². The van der Waals surface area contributed by atoms with E-state index < -0.39 is 33.5 Å². The fourth-order valence-corrected chi connectivity index (χ4v) is 5.44. The zero-order valence-corrected chi connectivity index (χ0v) is 21.8. The average molecular weight is 575 g/mol. The van der Waals surface area contributed by atoms with Crippen molar-refractivity contribution in [2.45, 2.75) is 30.3 Å². The fraction of sp³-hybridized carbons (Fsp3) is 0.222. The first-order valence-electron chi connectivity index (χ1n) is 12.1. The third-order valence-corrected chi connectivity index (χ3v) is 7.60. The minimum absolute atomic E-state index is 0.150. The quantitative estimate of drug-likeness (QED) is 0.278. The predicted octanol–water partition coefficient (Wildman–Crippen LogP) is 5.81. The Morgan fingerprint density at radius 2 is 1.75 bits per heavy atom. The highest BCUT2D eigenvalue weighted by molar-refractivity contribution is 7.92. The van der Waals surface area contributed by atoms with Gasteiger partial charge < -0.3 is 9.47 Å². The molecule has 13 heteroatoms. The molecule has 3 heterocycles. The largest absolute Gasteiger partial charge is 0.493 e. The molecule has 0 saturated heterocycles. The highest BCUT2D eigenvalue weighted by atomic mass is 32.2. The molecule has 4 aromatic rings. The van der Waals surface area contributed by atoms with Crippen LogP contribution in [0.25, 0.3) is 11.1 Å². The lowest BCUT2D eigenvalue weighted by Gasteiger charge is -2.29. The summed E-state index contributed by atoms with van der Waals surface area (Å²) in [5, 5.41) is 0. The number of nitrogens with one attached hydrogen (secondary N) is 1. The van der Waals surface area contributed by atoms with Gasteiger partial charge in [0.1, 0.15) is 5.75 Å². The average Bonchev–Trinajstić information content (AvgIpc) is 2.93. The topological polar surface area (TPSA) is 103 Å². The van der Waals surface area contributed by atoms with Crippen LogP contribution in [0.5, 0.6) is 11.6 Å². The molecule has 1 N–H and O–H groups in total. The normalized spacial score (nSPS) is 15.2. The number of pyridine rings is 1. The third-order valence-electron chi connectivity index (χ3n) is 6.28. The van der Waals surface area contributed by atoms with E-state index in [1.807, 2.05) is 0 Å². The molecule has 5 rings (SSSR count). The summed E-state index contributed by atoms with van der Waals surface area (Å²) in [7, 11) is -4.15. The van der Waals surface area contributed by atoms with E-state index in [1.165, 1.54) is 24.4 Å². The van der Waals surface area contributed by atoms with Gasteiger partial charge >= 0.3 is 6.18 Å². The summed E-state index contributed by atoms with van der Waals surface area (Å²) in [6, 6.07) is 11.0. The van der Waals surface area contributed by atoms with Gasteiger partial charge in [-0.25, -0.2) is 32.5 Å². The molecule has 0 bridgehead atoms. The molecule has 0 fully saturated rings. The van der Waals surface area contributed by atoms with Gasteiger partial charge in [-0.15, -0.1) is 0 Å². The molecule has 1 aliphatic rings. The Bertz CT molecular complexity index is 1630. The summed E-state index contributed by atoms with van der Waals surface area (Å²) in [4.78, 5) is 11.3. The van der Waals surface area contributed by atoms with Crippen LogP contribution in [0.15, 0.2) is 72.0 Å². The van der Waals surface area contributed by atoms with Crippen molar-refractivity contribution in [1.82, 2.24) is 15.0 Å². The van der Waals surface area contributed by atoms with Crippen molar-refractivity contribution in [3.8, 4) is 22.8 Å². The Morgan fingerprint density at radius 1 is 1.00 bits per heavy atom. The number of aromatic nitrogens is 3. The number of anilines is 1. The summed E-state index contributed by atoms with van der Waals surface area (Å²) >= 11 is 0. The van der Waals surface area contributed by atoms with E-state index in [2.05, 4.69) is 19.7 Å². The maximum absolute atomic E-state index is 13.6. The van der Waals surface area contributed by atoms with Gasteiger partial charge in [-0.3, -0.25) is 0 Å². The van der Waals surface area contributed by atoms with Crippen LogP contribution in [0, 0.1) is 5.82 Å². The van der Waals surface area contributed by atoms with Crippen molar-refractivity contribution >= 4 is 16.0 Å². The lowest BCUT2D eigenvalue weighted by molar-refractivity contribution is -0.137.